The highest BCUT2D eigenvalue weighted by molar-refractivity contribution is 7.00. The van der Waals surface area contributed by atoms with Crippen LogP contribution in [0.3, 0.4) is 0 Å². The Morgan fingerprint density at radius 2 is 0.600 bits per heavy atom. The third kappa shape index (κ3) is 8.04. The molecule has 2 aliphatic rings. The molecule has 13 rings (SSSR count). The third-order valence-electron chi connectivity index (χ3n) is 18.6. The molecule has 0 bridgehead atoms. The van der Waals surface area contributed by atoms with Crippen molar-refractivity contribution in [1.82, 2.24) is 9.13 Å². The monoisotopic (exact) mass is 1040 g/mol. The smallest absolute Gasteiger partial charge is 0.247 e. The average Bonchev–Trinajstić information content (AvgIpc) is 4.10. The van der Waals surface area contributed by atoms with Crippen LogP contribution in [0.5, 0.6) is 0 Å². The molecule has 0 radical (unpaired) electrons. The number of nitrogens with zero attached hydrogens (tertiary/aromatic N) is 2. The molecule has 0 unspecified atom stereocenters. The minimum Gasteiger partial charge on any atom is -0.310 e. The van der Waals surface area contributed by atoms with E-state index in [4.69, 9.17) is 0 Å². The third-order valence-corrected chi connectivity index (χ3v) is 18.6. The van der Waals surface area contributed by atoms with E-state index in [9.17, 15) is 0 Å². The van der Waals surface area contributed by atoms with Gasteiger partial charge in [0.15, 0.2) is 0 Å². The lowest BCUT2D eigenvalue weighted by atomic mass is 9.32. The van der Waals surface area contributed by atoms with Gasteiger partial charge >= 0.3 is 0 Å². The Kier molecular flexibility index (Phi) is 11.5. The van der Waals surface area contributed by atoms with Crippen molar-refractivity contribution >= 4 is 89.8 Å². The second-order valence-electron chi connectivity index (χ2n) is 28.7. The fourth-order valence-electron chi connectivity index (χ4n) is 14.6. The number of aryl methyl sites for hydroxylation is 6. The minimum absolute atomic E-state index is 0.0297. The fourth-order valence-corrected chi connectivity index (χ4v) is 14.6. The first kappa shape index (κ1) is 52.1. The van der Waals surface area contributed by atoms with E-state index in [0.29, 0.717) is 0 Å². The molecule has 0 aliphatic carbocycles. The highest BCUT2D eigenvalue weighted by Gasteiger charge is 2.42. The molecule has 0 fully saturated rings. The standard InChI is InChI=1S/C76H78B2N2/c1-43-31-45(3)69(46(4)32-43)77-61-41-68-62(42-67(61)79-65-29-27-55(75(13,14)15)39-57(65)59-35-51(37-63(77)71(59)79)49-19-23-53(24-20-49)73(7,8)9)78(70-47(5)33-44(2)34-48(70)6)64-38-52(50-21-25-54(26-22-50)74(10,11)12)36-60-58-40-56(76(16,17)18)28-30-66(58)80(68)72(60)64/h19-42H,1-18H3. The Balaban J connectivity index is 1.20. The summed E-state index contributed by atoms with van der Waals surface area (Å²) in [5, 5.41) is 5.25. The number of aromatic nitrogens is 2. The number of hydrogen-bond donors (Lipinski definition) is 0. The van der Waals surface area contributed by atoms with Crippen molar-refractivity contribution < 1.29 is 0 Å². The van der Waals surface area contributed by atoms with E-state index >= 15 is 0 Å². The number of benzene rings is 9. The Bertz CT molecular complexity index is 4100. The predicted molar refractivity (Wildman–Crippen MR) is 351 cm³/mol. The maximum Gasteiger partial charge on any atom is 0.247 e. The molecule has 0 saturated carbocycles. The maximum atomic E-state index is 2.69. The van der Waals surface area contributed by atoms with E-state index in [1.165, 1.54) is 166 Å². The first-order valence-electron chi connectivity index (χ1n) is 29.5. The second-order valence-corrected chi connectivity index (χ2v) is 28.7. The molecular weight excluding hydrogens is 962 g/mol. The number of fused-ring (bicyclic) bond motifs is 10. The van der Waals surface area contributed by atoms with Crippen molar-refractivity contribution in [3.05, 3.63) is 201 Å². The van der Waals surface area contributed by atoms with Gasteiger partial charge in [-0.15, -0.1) is 0 Å². The van der Waals surface area contributed by atoms with Crippen LogP contribution in [0.1, 0.15) is 139 Å². The lowest BCUT2D eigenvalue weighted by Gasteiger charge is -2.34. The molecule has 0 atom stereocenters. The first-order valence-corrected chi connectivity index (χ1v) is 29.5. The molecule has 4 heteroatoms. The summed E-state index contributed by atoms with van der Waals surface area (Å²) in [6.45, 7) is 41.8. The fraction of sp³-hybridized carbons (Fsp3) is 0.289. The molecule has 398 valence electrons. The molecule has 2 aromatic heterocycles. The van der Waals surface area contributed by atoms with Gasteiger partial charge in [-0.1, -0.05) is 224 Å². The molecule has 80 heavy (non-hydrogen) atoms. The second kappa shape index (κ2) is 17.6. The van der Waals surface area contributed by atoms with Crippen molar-refractivity contribution in [2.45, 2.75) is 146 Å². The van der Waals surface area contributed by atoms with Crippen LogP contribution < -0.4 is 32.8 Å². The first-order chi connectivity index (χ1) is 37.6. The number of rotatable bonds is 4. The van der Waals surface area contributed by atoms with Gasteiger partial charge in [-0.25, -0.2) is 0 Å². The van der Waals surface area contributed by atoms with E-state index in [0.717, 1.165) is 0 Å². The van der Waals surface area contributed by atoms with Crippen LogP contribution in [0.2, 0.25) is 0 Å². The molecule has 0 N–H and O–H groups in total. The SMILES string of the molecule is Cc1cc(C)c(B2c3cc4c(cc3-n3c5ccc(C(C)(C)C)cc5c5cc(-c6ccc(C(C)(C)C)cc6)cc2c53)B(c2c(C)cc(C)cc2C)c2cc(-c3ccc(C(C)(C)C)cc3)cc3c5cc(C(C)(C)C)ccc5n-4c23)c(C)c1. The molecule has 0 saturated heterocycles. The van der Waals surface area contributed by atoms with Gasteiger partial charge in [-0.3, -0.25) is 0 Å². The maximum absolute atomic E-state index is 2.69. The van der Waals surface area contributed by atoms with Gasteiger partial charge in [-0.05, 0) is 178 Å². The molecular formula is C76H78B2N2. The normalized spacial score (nSPS) is 13.6. The van der Waals surface area contributed by atoms with Crippen LogP contribution in [-0.2, 0) is 21.7 Å². The molecule has 2 aliphatic heterocycles. The van der Waals surface area contributed by atoms with Crippen LogP contribution in [0.15, 0.2) is 146 Å². The zero-order valence-electron chi connectivity index (χ0n) is 50.9. The van der Waals surface area contributed by atoms with Crippen LogP contribution in [0.25, 0.3) is 77.2 Å². The number of hydrogen-bond acceptors (Lipinski definition) is 0. The van der Waals surface area contributed by atoms with Crippen molar-refractivity contribution in [2.24, 2.45) is 0 Å². The molecule has 9 aromatic carbocycles. The summed E-state index contributed by atoms with van der Waals surface area (Å²) in [7, 11) is 0. The predicted octanol–water partition coefficient (Wildman–Crippen LogP) is 15.9. The molecule has 0 amide bonds. The van der Waals surface area contributed by atoms with Gasteiger partial charge < -0.3 is 9.13 Å². The van der Waals surface area contributed by atoms with Gasteiger partial charge in [-0.2, -0.15) is 0 Å². The summed E-state index contributed by atoms with van der Waals surface area (Å²) in [6.07, 6.45) is 0. The van der Waals surface area contributed by atoms with Crippen molar-refractivity contribution in [3.63, 3.8) is 0 Å². The van der Waals surface area contributed by atoms with E-state index in [1.807, 2.05) is 0 Å². The lowest BCUT2D eigenvalue weighted by Crippen LogP contribution is -2.61. The van der Waals surface area contributed by atoms with E-state index in [-0.39, 0.29) is 35.1 Å². The van der Waals surface area contributed by atoms with E-state index in [2.05, 4.69) is 279 Å². The average molecular weight is 1040 g/mol. The largest absolute Gasteiger partial charge is 0.310 e. The van der Waals surface area contributed by atoms with Gasteiger partial charge in [0.25, 0.3) is 0 Å². The molecule has 11 aromatic rings. The lowest BCUT2D eigenvalue weighted by molar-refractivity contribution is 0.590. The minimum atomic E-state index is -0.0444. The van der Waals surface area contributed by atoms with Gasteiger partial charge in [0.1, 0.15) is 0 Å². The van der Waals surface area contributed by atoms with Crippen molar-refractivity contribution in [1.29, 1.82) is 0 Å². The summed E-state index contributed by atoms with van der Waals surface area (Å²) < 4.78 is 5.38. The summed E-state index contributed by atoms with van der Waals surface area (Å²) in [4.78, 5) is 0. The van der Waals surface area contributed by atoms with Crippen LogP contribution in [0, 0.1) is 41.5 Å². The van der Waals surface area contributed by atoms with Crippen LogP contribution in [-0.4, -0.2) is 22.6 Å². The van der Waals surface area contributed by atoms with Crippen molar-refractivity contribution in [2.75, 3.05) is 0 Å². The quantitative estimate of drug-likeness (QED) is 0.156. The van der Waals surface area contributed by atoms with Gasteiger partial charge in [0.2, 0.25) is 13.4 Å². The molecule has 2 nitrogen and oxygen atoms in total. The van der Waals surface area contributed by atoms with Crippen LogP contribution >= 0.6 is 0 Å². The summed E-state index contributed by atoms with van der Waals surface area (Å²) in [5.41, 5.74) is 34.4. The highest BCUT2D eigenvalue weighted by atomic mass is 15.0. The topological polar surface area (TPSA) is 9.86 Å². The van der Waals surface area contributed by atoms with Crippen molar-refractivity contribution in [3.8, 4) is 33.6 Å². The Morgan fingerprint density at radius 1 is 0.287 bits per heavy atom. The molecule has 0 spiro atoms. The van der Waals surface area contributed by atoms with E-state index < -0.39 is 0 Å². The zero-order valence-corrected chi connectivity index (χ0v) is 50.9. The highest BCUT2D eigenvalue weighted by Crippen LogP contribution is 2.42. The Morgan fingerprint density at radius 3 is 0.912 bits per heavy atom. The Labute approximate surface area is 477 Å². The van der Waals surface area contributed by atoms with Crippen LogP contribution in [0.4, 0.5) is 0 Å². The van der Waals surface area contributed by atoms with Gasteiger partial charge in [0, 0.05) is 44.0 Å². The zero-order chi connectivity index (χ0) is 56.6. The molecule has 4 heterocycles. The summed E-state index contributed by atoms with van der Waals surface area (Å²) in [5.74, 6) is 0. The Hall–Kier alpha value is -7.29. The van der Waals surface area contributed by atoms with E-state index in [1.54, 1.807) is 0 Å². The summed E-state index contributed by atoms with van der Waals surface area (Å²) in [6, 6.07) is 58.8. The van der Waals surface area contributed by atoms with Gasteiger partial charge in [0.05, 0.1) is 11.0 Å². The summed E-state index contributed by atoms with van der Waals surface area (Å²) >= 11 is 0.